The Hall–Kier alpha value is -2.52. The van der Waals surface area contributed by atoms with Crippen molar-refractivity contribution in [3.63, 3.8) is 0 Å². The van der Waals surface area contributed by atoms with E-state index in [0.717, 1.165) is 0 Å². The van der Waals surface area contributed by atoms with Gasteiger partial charge in [-0.25, -0.2) is 12.8 Å². The number of hydrogen-bond acceptors (Lipinski definition) is 5. The Morgan fingerprint density at radius 3 is 2.82 bits per heavy atom. The summed E-state index contributed by atoms with van der Waals surface area (Å²) >= 11 is 0. The van der Waals surface area contributed by atoms with Gasteiger partial charge in [-0.05, 0) is 38.0 Å². The number of nitrogens with zero attached hydrogens (tertiary/aromatic N) is 2. The molecule has 2 heterocycles. The van der Waals surface area contributed by atoms with Gasteiger partial charge in [0.15, 0.2) is 10.7 Å². The maximum absolute atomic E-state index is 13.8. The van der Waals surface area contributed by atoms with Gasteiger partial charge in [0.1, 0.15) is 11.5 Å². The number of hydrogen-bond donors (Lipinski definition) is 1. The summed E-state index contributed by atoms with van der Waals surface area (Å²) in [5, 5.41) is 6.35. The highest BCUT2D eigenvalue weighted by Gasteiger charge is 2.36. The van der Waals surface area contributed by atoms with Crippen molar-refractivity contribution in [1.29, 1.82) is 0 Å². The van der Waals surface area contributed by atoms with Gasteiger partial charge in [0.05, 0.1) is 5.92 Å². The van der Waals surface area contributed by atoms with Gasteiger partial charge in [-0.2, -0.15) is 4.31 Å². The summed E-state index contributed by atoms with van der Waals surface area (Å²) in [7, 11) is -2.38. The fraction of sp³-hybridized carbons (Fsp3) is 0.368. The first kappa shape index (κ1) is 20.2. The minimum atomic E-state index is -3.92. The Morgan fingerprint density at radius 2 is 2.11 bits per heavy atom. The zero-order chi connectivity index (χ0) is 20.3. The number of rotatable bonds is 5. The molecule has 0 saturated carbocycles. The molecule has 150 valence electrons. The second-order valence-electron chi connectivity index (χ2n) is 6.63. The molecular weight excluding hydrogens is 385 g/mol. The summed E-state index contributed by atoms with van der Waals surface area (Å²) in [4.78, 5) is 11.9. The first-order valence-corrected chi connectivity index (χ1v) is 10.4. The zero-order valence-electron chi connectivity index (χ0n) is 15.7. The lowest BCUT2D eigenvalue weighted by atomic mass is 9.99. The SMILES string of the molecule is CNC(=O)[C@H]1CCCN(S(=O)(=O)c2c(C)noc2/C=C/c2ccccc2F)C1. The van der Waals surface area contributed by atoms with Crippen LogP contribution in [0.15, 0.2) is 33.7 Å². The fourth-order valence-corrected chi connectivity index (χ4v) is 5.06. The van der Waals surface area contributed by atoms with Crippen LogP contribution in [0.1, 0.15) is 29.9 Å². The second kappa shape index (κ2) is 8.24. The molecule has 1 amide bonds. The smallest absolute Gasteiger partial charge is 0.248 e. The summed E-state index contributed by atoms with van der Waals surface area (Å²) < 4.78 is 46.7. The monoisotopic (exact) mass is 407 g/mol. The molecule has 0 bridgehead atoms. The van der Waals surface area contributed by atoms with Crippen LogP contribution in [0.5, 0.6) is 0 Å². The predicted molar refractivity (Wildman–Crippen MR) is 102 cm³/mol. The van der Waals surface area contributed by atoms with Gasteiger partial charge < -0.3 is 9.84 Å². The lowest BCUT2D eigenvalue weighted by molar-refractivity contribution is -0.125. The molecular formula is C19H22FN3O4S. The molecule has 28 heavy (non-hydrogen) atoms. The van der Waals surface area contributed by atoms with Gasteiger partial charge in [0.2, 0.25) is 15.9 Å². The molecule has 0 radical (unpaired) electrons. The van der Waals surface area contributed by atoms with Gasteiger partial charge >= 0.3 is 0 Å². The number of aryl methyl sites for hydroxylation is 1. The third kappa shape index (κ3) is 4.00. The van der Waals surface area contributed by atoms with E-state index in [4.69, 9.17) is 4.52 Å². The Kier molecular flexibility index (Phi) is 5.95. The molecule has 0 spiro atoms. The van der Waals surface area contributed by atoms with Crippen LogP contribution in [-0.2, 0) is 14.8 Å². The van der Waals surface area contributed by atoms with Crippen LogP contribution in [0.4, 0.5) is 4.39 Å². The molecule has 3 rings (SSSR count). The standard InChI is InChI=1S/C19H22FN3O4S/c1-13-18(17(27-22-13)10-9-14-6-3-4-8-16(14)20)28(25,26)23-11-5-7-15(12-23)19(24)21-2/h3-4,6,8-10,15H,5,7,11-12H2,1-2H3,(H,21,24)/b10-9+/t15-/m0/s1. The molecule has 1 atom stereocenters. The van der Waals surface area contributed by atoms with Crippen LogP contribution >= 0.6 is 0 Å². The van der Waals surface area contributed by atoms with Gasteiger partial charge in [0, 0.05) is 25.7 Å². The van der Waals surface area contributed by atoms with Crippen molar-refractivity contribution in [1.82, 2.24) is 14.8 Å². The van der Waals surface area contributed by atoms with Gasteiger partial charge in [-0.1, -0.05) is 23.4 Å². The largest absolute Gasteiger partial charge is 0.359 e. The zero-order valence-corrected chi connectivity index (χ0v) is 16.5. The van der Waals surface area contributed by atoms with Crippen LogP contribution in [0.25, 0.3) is 12.2 Å². The number of piperidine rings is 1. The highest BCUT2D eigenvalue weighted by atomic mass is 32.2. The van der Waals surface area contributed by atoms with Gasteiger partial charge in [0.25, 0.3) is 0 Å². The van der Waals surface area contributed by atoms with Crippen LogP contribution in [-0.4, -0.2) is 43.9 Å². The summed E-state index contributed by atoms with van der Waals surface area (Å²) in [6, 6.07) is 6.14. The minimum Gasteiger partial charge on any atom is -0.359 e. The molecule has 9 heteroatoms. The van der Waals surface area contributed by atoms with E-state index < -0.39 is 21.8 Å². The summed E-state index contributed by atoms with van der Waals surface area (Å²) in [5.74, 6) is -0.973. The van der Waals surface area contributed by atoms with E-state index in [2.05, 4.69) is 10.5 Å². The normalized spacial score (nSPS) is 18.5. The number of carbonyl (C=O) groups is 1. The average Bonchev–Trinajstić information content (AvgIpc) is 3.08. The molecule has 0 unspecified atom stereocenters. The van der Waals surface area contributed by atoms with E-state index in [9.17, 15) is 17.6 Å². The summed E-state index contributed by atoms with van der Waals surface area (Å²) in [5.41, 5.74) is 0.521. The van der Waals surface area contributed by atoms with Gasteiger partial charge in [-0.3, -0.25) is 4.79 Å². The van der Waals surface area contributed by atoms with Crippen LogP contribution in [0.2, 0.25) is 0 Å². The first-order valence-electron chi connectivity index (χ1n) is 8.95. The highest BCUT2D eigenvalue weighted by molar-refractivity contribution is 7.89. The molecule has 1 aliphatic rings. The number of amides is 1. The Labute approximate surface area is 163 Å². The molecule has 1 N–H and O–H groups in total. The van der Waals surface area contributed by atoms with Crippen LogP contribution < -0.4 is 5.32 Å². The third-order valence-corrected chi connectivity index (χ3v) is 6.78. The van der Waals surface area contributed by atoms with E-state index in [1.165, 1.54) is 36.5 Å². The lowest BCUT2D eigenvalue weighted by Crippen LogP contribution is -2.44. The summed E-state index contributed by atoms with van der Waals surface area (Å²) in [6.45, 7) is 1.96. The van der Waals surface area contributed by atoms with Crippen molar-refractivity contribution < 1.29 is 22.1 Å². The second-order valence-corrected chi connectivity index (χ2v) is 8.51. The molecule has 1 fully saturated rings. The van der Waals surface area contributed by atoms with E-state index in [-0.39, 0.29) is 28.8 Å². The Morgan fingerprint density at radius 1 is 1.36 bits per heavy atom. The number of aromatic nitrogens is 1. The summed E-state index contributed by atoms with van der Waals surface area (Å²) in [6.07, 6.45) is 4.06. The lowest BCUT2D eigenvalue weighted by Gasteiger charge is -2.30. The van der Waals surface area contributed by atoms with Crippen molar-refractivity contribution in [2.24, 2.45) is 5.92 Å². The first-order chi connectivity index (χ1) is 13.3. The topological polar surface area (TPSA) is 92.5 Å². The van der Waals surface area contributed by atoms with E-state index in [1.54, 1.807) is 18.2 Å². The maximum atomic E-state index is 13.8. The van der Waals surface area contributed by atoms with E-state index >= 15 is 0 Å². The van der Waals surface area contributed by atoms with Crippen molar-refractivity contribution in [2.75, 3.05) is 20.1 Å². The quantitative estimate of drug-likeness (QED) is 0.822. The Bertz CT molecular complexity index is 1000. The molecule has 1 aromatic heterocycles. The number of carbonyl (C=O) groups excluding carboxylic acids is 1. The van der Waals surface area contributed by atoms with Crippen molar-refractivity contribution in [2.45, 2.75) is 24.7 Å². The van der Waals surface area contributed by atoms with Crippen molar-refractivity contribution in [3.05, 3.63) is 47.1 Å². The number of benzene rings is 1. The third-order valence-electron chi connectivity index (χ3n) is 4.75. The molecule has 1 aromatic carbocycles. The van der Waals surface area contributed by atoms with E-state index in [1.807, 2.05) is 0 Å². The highest BCUT2D eigenvalue weighted by Crippen LogP contribution is 2.29. The maximum Gasteiger partial charge on any atom is 0.248 e. The van der Waals surface area contributed by atoms with Gasteiger partial charge in [-0.15, -0.1) is 0 Å². The van der Waals surface area contributed by atoms with Crippen LogP contribution in [0.3, 0.4) is 0 Å². The molecule has 7 nitrogen and oxygen atoms in total. The molecule has 1 aliphatic heterocycles. The van der Waals surface area contributed by atoms with Crippen molar-refractivity contribution >= 4 is 28.1 Å². The average molecular weight is 407 g/mol. The van der Waals surface area contributed by atoms with Crippen molar-refractivity contribution in [3.8, 4) is 0 Å². The molecule has 0 aliphatic carbocycles. The number of sulfonamides is 1. The number of nitrogens with one attached hydrogen (secondary N) is 1. The van der Waals surface area contributed by atoms with E-state index in [0.29, 0.717) is 24.9 Å². The fourth-order valence-electron chi connectivity index (χ4n) is 3.28. The van der Waals surface area contributed by atoms with Crippen LogP contribution in [0, 0.1) is 18.7 Å². The Balaban J connectivity index is 1.92. The number of halogens is 1. The molecule has 1 saturated heterocycles. The molecule has 2 aromatic rings. The predicted octanol–water partition coefficient (Wildman–Crippen LogP) is 2.44. The minimum absolute atomic E-state index is 0.0304.